The second-order valence-electron chi connectivity index (χ2n) is 15.2. The van der Waals surface area contributed by atoms with Crippen molar-refractivity contribution in [1.82, 2.24) is 0 Å². The van der Waals surface area contributed by atoms with Crippen LogP contribution in [0, 0.1) is 0 Å². The molecule has 24 heteroatoms. The molecule has 0 bridgehead atoms. The van der Waals surface area contributed by atoms with Crippen molar-refractivity contribution in [3.63, 3.8) is 0 Å². The van der Waals surface area contributed by atoms with E-state index in [1.807, 2.05) is 6.92 Å². The van der Waals surface area contributed by atoms with Gasteiger partial charge in [-0.25, -0.2) is 38.9 Å². The van der Waals surface area contributed by atoms with E-state index in [2.05, 4.69) is 4.33 Å². The minimum absolute atomic E-state index is 0.0321. The van der Waals surface area contributed by atoms with Crippen molar-refractivity contribution in [2.45, 2.75) is 66.3 Å². The number of β-amino-alcohol motifs (C(OH)–C–C–N with tert-alkyl or cyclic N) is 1. The van der Waals surface area contributed by atoms with Gasteiger partial charge >= 0.3 is 0 Å². The Hall–Kier alpha value is -3.92. The summed E-state index contributed by atoms with van der Waals surface area (Å²) in [7, 11) is -19.4. The lowest BCUT2D eigenvalue weighted by atomic mass is 9.81. The highest BCUT2D eigenvalue weighted by Gasteiger charge is 2.54. The average Bonchev–Trinajstić information content (AvgIpc) is 3.78. The molecule has 3 unspecified atom stereocenters. The Bertz CT molecular complexity index is 2790. The van der Waals surface area contributed by atoms with Gasteiger partial charge in [-0.2, -0.15) is 8.91 Å². The number of aliphatic hydroxyl groups is 1. The van der Waals surface area contributed by atoms with E-state index < -0.39 is 98.5 Å². The van der Waals surface area contributed by atoms with Crippen molar-refractivity contribution in [3.8, 4) is 0 Å². The minimum Gasteiger partial charge on any atom is -0.874 e. The number of hydrogen-bond donors (Lipinski definition) is 2. The summed E-state index contributed by atoms with van der Waals surface area (Å²) in [6.45, 7) is 2.67. The molecule has 2 heterocycles. The number of allylic oxidation sites excluding steroid dienone is 7. The number of nitrogens with zero attached hydrogens (tertiary/aromatic N) is 2. The summed E-state index contributed by atoms with van der Waals surface area (Å²) in [5.41, 5.74) is 2.41. The van der Waals surface area contributed by atoms with Crippen molar-refractivity contribution in [2.75, 3.05) is 35.3 Å². The molecule has 0 spiro atoms. The van der Waals surface area contributed by atoms with E-state index in [1.54, 1.807) is 41.9 Å². The van der Waals surface area contributed by atoms with Gasteiger partial charge in [-0.05, 0) is 105 Å². The molecule has 332 valence electrons. The molecule has 0 aromatic heterocycles. The zero-order chi connectivity index (χ0) is 44.9. The van der Waals surface area contributed by atoms with E-state index in [9.17, 15) is 62.1 Å². The van der Waals surface area contributed by atoms with E-state index in [0.29, 0.717) is 87.7 Å². The van der Waals surface area contributed by atoms with Crippen molar-refractivity contribution < 1.29 is 81.0 Å². The highest BCUT2D eigenvalue weighted by molar-refractivity contribution is 7.94. The lowest BCUT2D eigenvalue weighted by molar-refractivity contribution is -0.448. The molecule has 0 radical (unpaired) electrons. The van der Waals surface area contributed by atoms with Crippen molar-refractivity contribution in [2.24, 2.45) is 0 Å². The fraction of sp³-hybridized carbons (Fsp3) is 0.378. The maximum Gasteiger partial charge on any atom is 0.209 e. The van der Waals surface area contributed by atoms with Crippen LogP contribution in [0.3, 0.4) is 0 Å². The molecule has 2 N–H and O–H groups in total. The van der Waals surface area contributed by atoms with E-state index >= 15 is 0 Å². The van der Waals surface area contributed by atoms with Crippen LogP contribution in [0.25, 0.3) is 0 Å². The third kappa shape index (κ3) is 10.3. The van der Waals surface area contributed by atoms with Crippen LogP contribution in [-0.2, 0) is 60.4 Å². The number of benzene rings is 2. The lowest BCUT2D eigenvalue weighted by Gasteiger charge is -2.26. The quantitative estimate of drug-likeness (QED) is 0.0433. The second kappa shape index (κ2) is 17.0. The van der Waals surface area contributed by atoms with Crippen LogP contribution in [0.4, 0.5) is 11.4 Å². The zero-order valence-corrected chi connectivity index (χ0v) is 36.3. The summed E-state index contributed by atoms with van der Waals surface area (Å²) in [5, 5.41) is 32.6. The summed E-state index contributed by atoms with van der Waals surface area (Å²) in [4.78, 5) is 1.48. The van der Waals surface area contributed by atoms with E-state index in [0.717, 1.165) is 12.3 Å². The number of anilines is 1. The summed E-state index contributed by atoms with van der Waals surface area (Å²) < 4.78 is 151. The van der Waals surface area contributed by atoms with Crippen molar-refractivity contribution in [3.05, 3.63) is 106 Å². The molecule has 2 aromatic rings. The minimum atomic E-state index is -4.93. The molecule has 1 saturated carbocycles. The van der Waals surface area contributed by atoms with Crippen LogP contribution in [0.2, 0.25) is 0 Å². The predicted molar refractivity (Wildman–Crippen MR) is 212 cm³/mol. The zero-order valence-electron chi connectivity index (χ0n) is 32.2. The molecule has 0 saturated heterocycles. The van der Waals surface area contributed by atoms with Gasteiger partial charge in [0.1, 0.15) is 28.6 Å². The highest BCUT2D eigenvalue weighted by atomic mass is 32.2. The van der Waals surface area contributed by atoms with Gasteiger partial charge in [0.15, 0.2) is 12.3 Å². The predicted octanol–water partition coefficient (Wildman–Crippen LogP) is 1.64. The first-order valence-electron chi connectivity index (χ1n) is 18.2. The Balaban J connectivity index is 1.45. The monoisotopic (exact) mass is 942 g/mol. The summed E-state index contributed by atoms with van der Waals surface area (Å²) >= 11 is 0.670. The van der Waals surface area contributed by atoms with Crippen LogP contribution < -0.4 is 10.0 Å². The van der Waals surface area contributed by atoms with Crippen LogP contribution >= 0.6 is 12.0 Å². The third-order valence-corrected chi connectivity index (χ3v) is 14.4. The van der Waals surface area contributed by atoms with Crippen molar-refractivity contribution >= 4 is 69.6 Å². The fourth-order valence-electron chi connectivity index (χ4n) is 8.50. The number of hydrogen-bond acceptors (Lipinski definition) is 19. The first kappa shape index (κ1) is 46.6. The molecule has 19 nitrogen and oxygen atoms in total. The molecule has 2 aliphatic carbocycles. The molecule has 1 fully saturated rings. The first-order valence-corrected chi connectivity index (χ1v) is 25.1. The van der Waals surface area contributed by atoms with Gasteiger partial charge in [-0.1, -0.05) is 6.08 Å². The lowest BCUT2D eigenvalue weighted by Crippen LogP contribution is -2.33. The van der Waals surface area contributed by atoms with Crippen LogP contribution in [-0.4, -0.2) is 109 Å². The fourth-order valence-corrected chi connectivity index (χ4v) is 10.7. The molecular formula is C37H38N2O17S5-4. The molecule has 2 aromatic carbocycles. The van der Waals surface area contributed by atoms with Gasteiger partial charge in [-0.3, -0.25) is 0 Å². The number of ether oxygens (including phenoxy) is 1. The SMILES string of the molecule is CC12CCC(/C=C/C(=C/C=C3\CCC4(C)C3=[N+](CC(O)CS(=O)(=O)[O-])c3ccc(S(=O)(=O)[O-])cc34)OCCS(=O)(=O)[O-])=C1N(/C=C(/[O-])CS(=O)(=O)[O-])c1ccc(SOO)cc12. The topological polar surface area (TPSA) is 317 Å². The maximum absolute atomic E-state index is 12.9. The number of fused-ring (bicyclic) bond motifs is 6. The first-order chi connectivity index (χ1) is 28.2. The Morgan fingerprint density at radius 3 is 2.28 bits per heavy atom. The molecule has 4 aliphatic rings. The van der Waals surface area contributed by atoms with Gasteiger partial charge in [0.05, 0.1) is 70.0 Å². The van der Waals surface area contributed by atoms with E-state index in [-0.39, 0.29) is 5.76 Å². The van der Waals surface area contributed by atoms with Crippen LogP contribution in [0.1, 0.15) is 50.7 Å². The molecule has 2 aliphatic heterocycles. The number of aliphatic hydroxyl groups excluding tert-OH is 1. The summed E-state index contributed by atoms with van der Waals surface area (Å²) in [6.07, 6.45) is 7.02. The van der Waals surface area contributed by atoms with Crippen LogP contribution in [0.15, 0.2) is 105 Å². The van der Waals surface area contributed by atoms with Crippen molar-refractivity contribution in [1.29, 1.82) is 0 Å². The highest BCUT2D eigenvalue weighted by Crippen LogP contribution is 2.57. The standard InChI is InChI=1S/C37H42N2O17S5/c1-36-13-11-23(34(36)38(19-25(40)21-59(46,47)48)32-9-7-28(57-56-42)17-30(32)36)3-5-27(55-15-16-58(43,44)45)6-4-24-12-14-37(2)31-18-29(61(52,53)54)8-10-33(31)39(35(24)37)20-26(41)22-60(49,50)51/h3-10,17-19,26,41H,11-16,20-22H2,1-2H3,(H5-,40,42,43,44,45,46,47,48,49,50,51,52,53,54)/p-4/b25-19+. The Kier molecular flexibility index (Phi) is 13.0. The molecule has 0 amide bonds. The van der Waals surface area contributed by atoms with E-state index in [4.69, 9.17) is 9.99 Å². The largest absolute Gasteiger partial charge is 0.874 e. The summed E-state index contributed by atoms with van der Waals surface area (Å²) in [6, 6.07) is 8.59. The van der Waals surface area contributed by atoms with Gasteiger partial charge < -0.3 is 38.1 Å². The van der Waals surface area contributed by atoms with Gasteiger partial charge in [0.2, 0.25) is 5.69 Å². The third-order valence-electron chi connectivity index (χ3n) is 10.9. The second-order valence-corrected chi connectivity index (χ2v) is 21.8. The Morgan fingerprint density at radius 2 is 1.64 bits per heavy atom. The van der Waals surface area contributed by atoms with E-state index in [1.165, 1.54) is 29.2 Å². The number of rotatable bonds is 17. The molecule has 3 atom stereocenters. The van der Waals surface area contributed by atoms with Gasteiger partial charge in [-0.15, -0.1) is 5.76 Å². The molecule has 6 rings (SSSR count). The molecular weight excluding hydrogens is 905 g/mol. The van der Waals surface area contributed by atoms with Gasteiger partial charge in [0.25, 0.3) is 0 Å². The smallest absolute Gasteiger partial charge is 0.209 e. The Labute approximate surface area is 356 Å². The Morgan fingerprint density at radius 1 is 0.934 bits per heavy atom. The van der Waals surface area contributed by atoms with Crippen LogP contribution in [0.5, 0.6) is 0 Å². The normalized spacial score (nSPS) is 23.3. The maximum atomic E-state index is 12.9. The van der Waals surface area contributed by atoms with Gasteiger partial charge in [0, 0.05) is 38.9 Å². The molecule has 61 heavy (non-hydrogen) atoms. The average molecular weight is 943 g/mol. The summed E-state index contributed by atoms with van der Waals surface area (Å²) in [5.74, 6) is -4.28.